The van der Waals surface area contributed by atoms with Gasteiger partial charge in [-0.15, -0.1) is 0 Å². The molecule has 136 valence electrons. The van der Waals surface area contributed by atoms with E-state index in [4.69, 9.17) is 4.74 Å². The van der Waals surface area contributed by atoms with Crippen LogP contribution in [0.1, 0.15) is 40.2 Å². The fraction of sp³-hybridized carbons (Fsp3) is 0.556. The van der Waals surface area contributed by atoms with Crippen molar-refractivity contribution in [3.8, 4) is 0 Å². The summed E-state index contributed by atoms with van der Waals surface area (Å²) in [4.78, 5) is 29.0. The molecule has 1 N–H and O–H groups in total. The second kappa shape index (κ2) is 6.20. The first-order valence-electron chi connectivity index (χ1n) is 8.53. The first kappa shape index (κ1) is 17.5. The minimum Gasteiger partial charge on any atom is -0.444 e. The van der Waals surface area contributed by atoms with Crippen LogP contribution in [0.5, 0.6) is 0 Å². The third-order valence-corrected chi connectivity index (χ3v) is 4.52. The Kier molecular flexibility index (Phi) is 4.34. The van der Waals surface area contributed by atoms with Crippen molar-refractivity contribution in [2.24, 2.45) is 5.92 Å². The summed E-state index contributed by atoms with van der Waals surface area (Å²) in [6, 6.07) is 4.25. The van der Waals surface area contributed by atoms with Crippen LogP contribution in [0.3, 0.4) is 0 Å². The summed E-state index contributed by atoms with van der Waals surface area (Å²) in [6.45, 7) is 8.56. The second-order valence-corrected chi connectivity index (χ2v) is 7.72. The molecule has 1 aliphatic rings. The van der Waals surface area contributed by atoms with Gasteiger partial charge >= 0.3 is 11.8 Å². The Labute approximate surface area is 145 Å². The molecule has 7 heteroatoms. The number of imidazole rings is 1. The van der Waals surface area contributed by atoms with Gasteiger partial charge in [-0.05, 0) is 51.3 Å². The van der Waals surface area contributed by atoms with Gasteiger partial charge in [0, 0.05) is 19.1 Å². The lowest BCUT2D eigenvalue weighted by Gasteiger charge is -2.38. The van der Waals surface area contributed by atoms with Crippen molar-refractivity contribution in [2.45, 2.75) is 45.8 Å². The summed E-state index contributed by atoms with van der Waals surface area (Å²) in [5, 5.41) is 0. The van der Waals surface area contributed by atoms with E-state index in [0.717, 1.165) is 0 Å². The van der Waals surface area contributed by atoms with E-state index < -0.39 is 5.60 Å². The molecule has 1 unspecified atom stereocenters. The number of piperidine rings is 1. The molecule has 25 heavy (non-hydrogen) atoms. The van der Waals surface area contributed by atoms with Crippen molar-refractivity contribution in [3.63, 3.8) is 0 Å². The van der Waals surface area contributed by atoms with E-state index in [1.54, 1.807) is 15.5 Å². The summed E-state index contributed by atoms with van der Waals surface area (Å²) in [5.74, 6) is -0.309. The van der Waals surface area contributed by atoms with Gasteiger partial charge in [0.2, 0.25) is 0 Å². The number of ether oxygens (including phenoxy) is 1. The average molecular weight is 349 g/mol. The van der Waals surface area contributed by atoms with Crippen molar-refractivity contribution in [2.75, 3.05) is 13.1 Å². The fourth-order valence-corrected chi connectivity index (χ4v) is 3.44. The minimum absolute atomic E-state index is 0.0506. The van der Waals surface area contributed by atoms with Crippen molar-refractivity contribution in [1.29, 1.82) is 0 Å². The summed E-state index contributed by atoms with van der Waals surface area (Å²) in [7, 11) is 0. The molecule has 6 nitrogen and oxygen atoms in total. The average Bonchev–Trinajstić information content (AvgIpc) is 2.80. The number of aromatic nitrogens is 2. The number of nitrogens with one attached hydrogen (secondary N) is 1. The molecular formula is C18H24FN3O3. The number of likely N-dealkylation sites (tertiary alicyclic amines) is 1. The Morgan fingerprint density at radius 2 is 2.08 bits per heavy atom. The lowest BCUT2D eigenvalue weighted by Crippen LogP contribution is -2.46. The van der Waals surface area contributed by atoms with Crippen molar-refractivity contribution in [3.05, 3.63) is 34.5 Å². The number of hydrogen-bond acceptors (Lipinski definition) is 3. The van der Waals surface area contributed by atoms with Gasteiger partial charge in [-0.25, -0.2) is 14.0 Å². The fourth-order valence-electron chi connectivity index (χ4n) is 3.44. The number of hydrogen-bond donors (Lipinski definition) is 1. The zero-order chi connectivity index (χ0) is 18.4. The van der Waals surface area contributed by atoms with Crippen LogP contribution < -0.4 is 5.69 Å². The first-order valence-corrected chi connectivity index (χ1v) is 8.53. The number of carbonyl (C=O) groups is 1. The van der Waals surface area contributed by atoms with Gasteiger partial charge in [0.25, 0.3) is 0 Å². The maximum atomic E-state index is 13.4. The van der Waals surface area contributed by atoms with Crippen LogP contribution in [0.15, 0.2) is 23.0 Å². The van der Waals surface area contributed by atoms with Gasteiger partial charge in [-0.2, -0.15) is 0 Å². The van der Waals surface area contributed by atoms with Gasteiger partial charge in [-0.3, -0.25) is 4.57 Å². The largest absolute Gasteiger partial charge is 0.444 e. The number of benzene rings is 1. The molecule has 0 bridgehead atoms. The summed E-state index contributed by atoms with van der Waals surface area (Å²) in [6.07, 6.45) is 0.316. The number of rotatable bonds is 1. The summed E-state index contributed by atoms with van der Waals surface area (Å²) < 4.78 is 20.5. The SMILES string of the molecule is C[C@H]1CN(C(=O)OC(C)(C)C)CCC1n1c(=O)[nH]c2cc(F)ccc21. The van der Waals surface area contributed by atoms with E-state index in [1.165, 1.54) is 12.1 Å². The van der Waals surface area contributed by atoms with E-state index >= 15 is 0 Å². The highest BCUT2D eigenvalue weighted by atomic mass is 19.1. The molecule has 0 radical (unpaired) electrons. The van der Waals surface area contributed by atoms with Crippen molar-refractivity contribution in [1.82, 2.24) is 14.5 Å². The van der Waals surface area contributed by atoms with E-state index in [0.29, 0.717) is 30.5 Å². The van der Waals surface area contributed by atoms with Crippen molar-refractivity contribution < 1.29 is 13.9 Å². The molecule has 1 aromatic carbocycles. The number of carbonyl (C=O) groups excluding carboxylic acids is 1. The predicted octanol–water partition coefficient (Wildman–Crippen LogP) is 3.29. The molecular weight excluding hydrogens is 325 g/mol. The Bertz CT molecular complexity index is 849. The molecule has 1 saturated heterocycles. The molecule has 0 aliphatic carbocycles. The smallest absolute Gasteiger partial charge is 0.410 e. The first-order chi connectivity index (χ1) is 11.7. The molecule has 3 rings (SSSR count). The molecule has 1 aromatic heterocycles. The zero-order valence-corrected chi connectivity index (χ0v) is 15.0. The number of fused-ring (bicyclic) bond motifs is 1. The van der Waals surface area contributed by atoms with E-state index in [9.17, 15) is 14.0 Å². The highest BCUT2D eigenvalue weighted by Crippen LogP contribution is 2.30. The number of nitrogens with zero attached hydrogens (tertiary/aromatic N) is 2. The maximum Gasteiger partial charge on any atom is 0.410 e. The van der Waals surface area contributed by atoms with Crippen LogP contribution in [-0.4, -0.2) is 39.2 Å². The van der Waals surface area contributed by atoms with Crippen LogP contribution in [0, 0.1) is 11.7 Å². The molecule has 2 aromatic rings. The van der Waals surface area contributed by atoms with Crippen LogP contribution in [-0.2, 0) is 4.74 Å². The summed E-state index contributed by atoms with van der Waals surface area (Å²) >= 11 is 0. The predicted molar refractivity (Wildman–Crippen MR) is 93.1 cm³/mol. The second-order valence-electron chi connectivity index (χ2n) is 7.72. The Morgan fingerprint density at radius 3 is 2.72 bits per heavy atom. The third kappa shape index (κ3) is 3.55. The van der Waals surface area contributed by atoms with E-state index in [-0.39, 0.29) is 29.6 Å². The topological polar surface area (TPSA) is 67.3 Å². The maximum absolute atomic E-state index is 13.4. The third-order valence-electron chi connectivity index (χ3n) is 4.52. The Morgan fingerprint density at radius 1 is 1.36 bits per heavy atom. The molecule has 0 spiro atoms. The molecule has 1 fully saturated rings. The van der Waals surface area contributed by atoms with E-state index in [1.807, 2.05) is 27.7 Å². The minimum atomic E-state index is -0.533. The highest BCUT2D eigenvalue weighted by Gasteiger charge is 2.33. The lowest BCUT2D eigenvalue weighted by atomic mass is 9.93. The number of aromatic amines is 1. The van der Waals surface area contributed by atoms with Crippen molar-refractivity contribution >= 4 is 17.1 Å². The summed E-state index contributed by atoms with van der Waals surface area (Å²) in [5.41, 5.74) is 0.401. The Balaban J connectivity index is 1.82. The lowest BCUT2D eigenvalue weighted by molar-refractivity contribution is 0.0126. The van der Waals surface area contributed by atoms with Crippen LogP contribution >= 0.6 is 0 Å². The zero-order valence-electron chi connectivity index (χ0n) is 15.0. The Hall–Kier alpha value is -2.31. The van der Waals surface area contributed by atoms with Crippen LogP contribution in [0.2, 0.25) is 0 Å². The number of halogens is 1. The molecule has 1 aliphatic heterocycles. The number of amides is 1. The monoisotopic (exact) mass is 349 g/mol. The standard InChI is InChI=1S/C18H24FN3O3/c1-11-10-21(17(24)25-18(2,3)4)8-7-14(11)22-15-6-5-12(19)9-13(15)20-16(22)23/h5-6,9,11,14H,7-8,10H2,1-4H3,(H,20,23)/t11-,14?/m0/s1. The van der Waals surface area contributed by atoms with Crippen LogP contribution in [0.4, 0.5) is 9.18 Å². The quantitative estimate of drug-likeness (QED) is 0.859. The number of H-pyrrole nitrogens is 1. The normalized spacial score (nSPS) is 21.6. The van der Waals surface area contributed by atoms with Crippen LogP contribution in [0.25, 0.3) is 11.0 Å². The molecule has 2 heterocycles. The van der Waals surface area contributed by atoms with E-state index in [2.05, 4.69) is 4.98 Å². The van der Waals surface area contributed by atoms with Gasteiger partial charge in [0.15, 0.2) is 0 Å². The van der Waals surface area contributed by atoms with Gasteiger partial charge < -0.3 is 14.6 Å². The van der Waals surface area contributed by atoms with Gasteiger partial charge in [-0.1, -0.05) is 6.92 Å². The highest BCUT2D eigenvalue weighted by molar-refractivity contribution is 5.75. The molecule has 1 amide bonds. The molecule has 2 atom stereocenters. The van der Waals surface area contributed by atoms with Gasteiger partial charge in [0.05, 0.1) is 11.0 Å². The van der Waals surface area contributed by atoms with Gasteiger partial charge in [0.1, 0.15) is 11.4 Å². The molecule has 0 saturated carbocycles.